The Balaban J connectivity index is 1.32. The number of nitrogens with one attached hydrogen (secondary N) is 2. The van der Waals surface area contributed by atoms with Crippen molar-refractivity contribution in [3.05, 3.63) is 57.3 Å². The van der Waals surface area contributed by atoms with Gasteiger partial charge in [-0.3, -0.25) is 9.36 Å². The molecule has 214 valence electrons. The maximum Gasteiger partial charge on any atom is 0.254 e. The van der Waals surface area contributed by atoms with E-state index in [0.29, 0.717) is 56.8 Å². The highest BCUT2D eigenvalue weighted by Gasteiger charge is 2.38. The van der Waals surface area contributed by atoms with Crippen molar-refractivity contribution in [1.29, 1.82) is 0 Å². The van der Waals surface area contributed by atoms with Crippen LogP contribution in [0.4, 0.5) is 0 Å². The minimum absolute atomic E-state index is 0.0128. The van der Waals surface area contributed by atoms with E-state index in [9.17, 15) is 4.79 Å². The fourth-order valence-corrected chi connectivity index (χ4v) is 7.78. The van der Waals surface area contributed by atoms with Crippen molar-refractivity contribution in [3.63, 3.8) is 0 Å². The van der Waals surface area contributed by atoms with Gasteiger partial charge >= 0.3 is 0 Å². The Morgan fingerprint density at radius 2 is 1.85 bits per heavy atom. The monoisotopic (exact) mass is 583 g/mol. The molecule has 0 spiro atoms. The first-order valence-corrected chi connectivity index (χ1v) is 15.6. The average molecular weight is 585 g/mol. The summed E-state index contributed by atoms with van der Waals surface area (Å²) >= 11 is 12.4. The van der Waals surface area contributed by atoms with Gasteiger partial charge in [0.25, 0.3) is 5.56 Å². The van der Waals surface area contributed by atoms with Crippen LogP contribution in [-0.2, 0) is 0 Å². The van der Waals surface area contributed by atoms with Crippen molar-refractivity contribution in [3.8, 4) is 16.9 Å². The van der Waals surface area contributed by atoms with Gasteiger partial charge in [0.15, 0.2) is 5.15 Å². The molecule has 2 saturated heterocycles. The highest BCUT2D eigenvalue weighted by atomic mass is 35.5. The lowest BCUT2D eigenvalue weighted by Crippen LogP contribution is -2.53. The number of benzene rings is 1. The molecule has 1 aliphatic carbocycles. The van der Waals surface area contributed by atoms with Gasteiger partial charge in [-0.2, -0.15) is 0 Å². The molecule has 3 aliphatic rings. The number of rotatable bonds is 3. The van der Waals surface area contributed by atoms with Crippen LogP contribution in [0.3, 0.4) is 0 Å². The Morgan fingerprint density at radius 1 is 1.00 bits per heavy atom. The summed E-state index contributed by atoms with van der Waals surface area (Å²) in [6.07, 6.45) is 12.9. The Bertz CT molecular complexity index is 1370. The minimum Gasteiger partial charge on any atom is -0.315 e. The molecular formula is C30H39Cl2N7O. The third-order valence-corrected chi connectivity index (χ3v) is 9.91. The number of halogens is 2. The fraction of sp³-hybridized carbons (Fsp3) is 0.600. The first-order chi connectivity index (χ1) is 19.5. The summed E-state index contributed by atoms with van der Waals surface area (Å²) in [5, 5.41) is 16.4. The molecule has 6 rings (SSSR count). The molecule has 2 aliphatic heterocycles. The highest BCUT2D eigenvalue weighted by Crippen LogP contribution is 2.43. The van der Waals surface area contributed by atoms with Crippen LogP contribution < -0.4 is 16.2 Å². The number of hydrogen-bond acceptors (Lipinski definition) is 6. The van der Waals surface area contributed by atoms with Gasteiger partial charge in [0.05, 0.1) is 23.9 Å². The molecule has 2 bridgehead atoms. The van der Waals surface area contributed by atoms with Gasteiger partial charge in [-0.15, -0.1) is 5.10 Å². The topological polar surface area (TPSA) is 89.7 Å². The Hall–Kier alpha value is -2.26. The highest BCUT2D eigenvalue weighted by molar-refractivity contribution is 6.31. The fourth-order valence-electron chi connectivity index (χ4n) is 7.48. The molecule has 0 amide bonds. The van der Waals surface area contributed by atoms with Crippen molar-refractivity contribution < 1.29 is 0 Å². The van der Waals surface area contributed by atoms with Gasteiger partial charge in [-0.25, -0.2) is 9.67 Å². The third-order valence-electron chi connectivity index (χ3n) is 9.51. The van der Waals surface area contributed by atoms with Crippen molar-refractivity contribution in [2.75, 3.05) is 19.6 Å². The second-order valence-corrected chi connectivity index (χ2v) is 13.0. The Morgan fingerprint density at radius 3 is 2.67 bits per heavy atom. The summed E-state index contributed by atoms with van der Waals surface area (Å²) in [6, 6.07) is 7.81. The van der Waals surface area contributed by atoms with E-state index in [1.807, 2.05) is 16.7 Å². The maximum absolute atomic E-state index is 13.8. The molecule has 1 saturated carbocycles. The maximum atomic E-state index is 13.8. The standard InChI is InChI=1S/C30H39Cl2N7O/c1-19-4-2-7-27(21-6-3-5-20(12-21)23-10-11-33-16-26(23)34-15-19)38-18-35-25(14-30(38)40)24-13-22(31)8-9-28(24)39-17-29(32)36-37-39/h8-9,13-14,17-21,23,26-27,33-34H,2-7,10-12,15-16H2,1H3/t19-,20?,21?,23?,26?,27+/m1/s1. The lowest BCUT2D eigenvalue weighted by molar-refractivity contribution is 0.101. The van der Waals surface area contributed by atoms with Gasteiger partial charge < -0.3 is 10.6 Å². The van der Waals surface area contributed by atoms with E-state index in [2.05, 4.69) is 27.9 Å². The number of hydrogen-bond donors (Lipinski definition) is 2. The Kier molecular flexibility index (Phi) is 8.58. The van der Waals surface area contributed by atoms with Gasteiger partial charge in [-0.1, -0.05) is 54.6 Å². The van der Waals surface area contributed by atoms with Crippen LogP contribution >= 0.6 is 23.2 Å². The molecular weight excluding hydrogens is 545 g/mol. The third kappa shape index (κ3) is 6.01. The van der Waals surface area contributed by atoms with Crippen LogP contribution in [0.15, 0.2) is 41.6 Å². The smallest absolute Gasteiger partial charge is 0.254 e. The van der Waals surface area contributed by atoms with Crippen molar-refractivity contribution in [1.82, 2.24) is 35.2 Å². The summed E-state index contributed by atoms with van der Waals surface area (Å²) in [7, 11) is 0. The van der Waals surface area contributed by atoms with Gasteiger partial charge in [0, 0.05) is 35.3 Å². The van der Waals surface area contributed by atoms with E-state index in [1.54, 1.807) is 29.3 Å². The average Bonchev–Trinajstić information content (AvgIpc) is 3.40. The summed E-state index contributed by atoms with van der Waals surface area (Å²) in [6.45, 7) is 5.60. The summed E-state index contributed by atoms with van der Waals surface area (Å²) < 4.78 is 3.52. The van der Waals surface area contributed by atoms with Gasteiger partial charge in [-0.05, 0) is 87.1 Å². The molecule has 0 radical (unpaired) electrons. The normalized spacial score (nSPS) is 29.7. The molecule has 2 N–H and O–H groups in total. The Labute approximate surface area is 245 Å². The molecule has 1 aromatic carbocycles. The SMILES string of the molecule is C[C@@H]1CCC[C@H](n2cnc(-c3cc(Cl)ccc3-n3cc(Cl)nn3)cc2=O)C2CCCC(C2)C2CCNCC2NC1. The van der Waals surface area contributed by atoms with Crippen molar-refractivity contribution in [2.24, 2.45) is 23.7 Å². The van der Waals surface area contributed by atoms with E-state index in [0.717, 1.165) is 38.9 Å². The number of piperidine rings is 1. The predicted octanol–water partition coefficient (Wildman–Crippen LogP) is 5.53. The molecule has 3 fully saturated rings. The predicted molar refractivity (Wildman–Crippen MR) is 159 cm³/mol. The molecule has 4 heterocycles. The summed E-state index contributed by atoms with van der Waals surface area (Å²) in [5.41, 5.74) is 1.99. The van der Waals surface area contributed by atoms with E-state index < -0.39 is 0 Å². The zero-order valence-electron chi connectivity index (χ0n) is 23.1. The van der Waals surface area contributed by atoms with E-state index in [4.69, 9.17) is 28.2 Å². The number of nitrogens with zero attached hydrogens (tertiary/aromatic N) is 5. The first kappa shape index (κ1) is 27.9. The van der Waals surface area contributed by atoms with Crippen molar-refractivity contribution in [2.45, 2.75) is 70.4 Å². The van der Waals surface area contributed by atoms with Crippen molar-refractivity contribution >= 4 is 23.2 Å². The minimum atomic E-state index is -0.0128. The largest absolute Gasteiger partial charge is 0.315 e. The number of aromatic nitrogens is 5. The lowest BCUT2D eigenvalue weighted by Gasteiger charge is -2.44. The van der Waals surface area contributed by atoms with E-state index in [-0.39, 0.29) is 11.6 Å². The van der Waals surface area contributed by atoms with E-state index in [1.165, 1.54) is 32.1 Å². The quantitative estimate of drug-likeness (QED) is 0.421. The lowest BCUT2D eigenvalue weighted by atomic mass is 9.68. The molecule has 8 nitrogen and oxygen atoms in total. The zero-order chi connectivity index (χ0) is 27.6. The zero-order valence-corrected chi connectivity index (χ0v) is 24.6. The first-order valence-electron chi connectivity index (χ1n) is 14.9. The molecule has 6 atom stereocenters. The number of fused-ring (bicyclic) bond motifs is 4. The van der Waals surface area contributed by atoms with E-state index >= 15 is 0 Å². The van der Waals surface area contributed by atoms with Crippen LogP contribution in [0.1, 0.15) is 64.3 Å². The van der Waals surface area contributed by atoms with Crippen LogP contribution in [0.2, 0.25) is 10.2 Å². The van der Waals surface area contributed by atoms with Crippen LogP contribution in [0.5, 0.6) is 0 Å². The summed E-state index contributed by atoms with van der Waals surface area (Å²) in [5.74, 6) is 2.53. The van der Waals surface area contributed by atoms with Crippen LogP contribution in [-0.4, -0.2) is 50.2 Å². The van der Waals surface area contributed by atoms with Gasteiger partial charge in [0.2, 0.25) is 0 Å². The molecule has 4 unspecified atom stereocenters. The summed E-state index contributed by atoms with van der Waals surface area (Å²) in [4.78, 5) is 18.6. The second-order valence-electron chi connectivity index (χ2n) is 12.1. The molecule has 3 aromatic rings. The molecule has 40 heavy (non-hydrogen) atoms. The molecule has 2 aromatic heterocycles. The molecule has 10 heteroatoms. The van der Waals surface area contributed by atoms with Crippen LogP contribution in [0, 0.1) is 23.7 Å². The van der Waals surface area contributed by atoms with Crippen LogP contribution in [0.25, 0.3) is 16.9 Å². The second kappa shape index (κ2) is 12.3. The van der Waals surface area contributed by atoms with Gasteiger partial charge in [0.1, 0.15) is 0 Å².